The van der Waals surface area contributed by atoms with Crippen LogP contribution in [0.25, 0.3) is 0 Å². The first-order chi connectivity index (χ1) is 7.75. The van der Waals surface area contributed by atoms with Crippen LogP contribution in [0.3, 0.4) is 0 Å². The van der Waals surface area contributed by atoms with Crippen LogP contribution in [0, 0.1) is 0 Å². The molecule has 6 nitrogen and oxygen atoms in total. The van der Waals surface area contributed by atoms with Crippen molar-refractivity contribution < 1.29 is 4.74 Å². The van der Waals surface area contributed by atoms with Crippen molar-refractivity contribution in [1.29, 1.82) is 0 Å². The maximum atomic E-state index is 5.32. The summed E-state index contributed by atoms with van der Waals surface area (Å²) in [6.45, 7) is 5.30. The molecule has 16 heavy (non-hydrogen) atoms. The minimum Gasteiger partial charge on any atom is -0.379 e. The number of nitrogens with zero attached hydrogens (tertiary/aromatic N) is 4. The van der Waals surface area contributed by atoms with Crippen LogP contribution in [0.1, 0.15) is 11.4 Å². The van der Waals surface area contributed by atoms with Gasteiger partial charge in [0.1, 0.15) is 11.4 Å². The molecule has 1 aromatic heterocycles. The second-order valence-corrected chi connectivity index (χ2v) is 4.34. The molecule has 0 atom stereocenters. The van der Waals surface area contributed by atoms with Crippen LogP contribution in [0.5, 0.6) is 0 Å². The second kappa shape index (κ2) is 5.38. The second-order valence-electron chi connectivity index (χ2n) is 4.34. The Hall–Kier alpha value is -0.980. The van der Waals surface area contributed by atoms with Gasteiger partial charge in [-0.05, 0) is 14.1 Å². The summed E-state index contributed by atoms with van der Waals surface area (Å²) in [5.41, 5.74) is 2.09. The first-order valence-corrected chi connectivity index (χ1v) is 5.59. The number of aromatic nitrogens is 3. The third-order valence-electron chi connectivity index (χ3n) is 2.65. The highest BCUT2D eigenvalue weighted by Gasteiger charge is 2.15. The Labute approximate surface area is 95.6 Å². The predicted octanol–water partition coefficient (Wildman–Crippen LogP) is -0.301. The number of H-pyrrole nitrogens is 1. The van der Waals surface area contributed by atoms with Crippen LogP contribution >= 0.6 is 0 Å². The summed E-state index contributed by atoms with van der Waals surface area (Å²) in [4.78, 5) is 4.45. The molecule has 90 valence electrons. The summed E-state index contributed by atoms with van der Waals surface area (Å²) in [5.74, 6) is 0. The Bertz CT molecular complexity index is 319. The molecule has 1 aliphatic rings. The van der Waals surface area contributed by atoms with Crippen molar-refractivity contribution in [2.24, 2.45) is 0 Å². The number of ether oxygens (including phenoxy) is 1. The lowest BCUT2D eigenvalue weighted by Crippen LogP contribution is -2.36. The summed E-state index contributed by atoms with van der Waals surface area (Å²) in [6, 6.07) is 0. The van der Waals surface area contributed by atoms with E-state index in [1.54, 1.807) is 0 Å². The molecule has 1 aliphatic heterocycles. The molecule has 0 radical (unpaired) electrons. The smallest absolute Gasteiger partial charge is 0.101 e. The molecule has 0 bridgehead atoms. The number of rotatable bonds is 4. The molecular formula is C10H19N5O. The van der Waals surface area contributed by atoms with E-state index in [-0.39, 0.29) is 0 Å². The molecule has 0 aromatic carbocycles. The number of hydrogen-bond donors (Lipinski definition) is 1. The Morgan fingerprint density at radius 3 is 2.62 bits per heavy atom. The molecule has 6 heteroatoms. The van der Waals surface area contributed by atoms with Gasteiger partial charge in [-0.25, -0.2) is 0 Å². The molecule has 0 amide bonds. The van der Waals surface area contributed by atoms with Gasteiger partial charge in [0, 0.05) is 26.2 Å². The SMILES string of the molecule is CN(C)Cc1n[nH]nc1CN1CCOCC1. The highest BCUT2D eigenvalue weighted by molar-refractivity contribution is 5.08. The summed E-state index contributed by atoms with van der Waals surface area (Å²) in [6.07, 6.45) is 0. The van der Waals surface area contributed by atoms with Gasteiger partial charge in [0.15, 0.2) is 0 Å². The zero-order valence-electron chi connectivity index (χ0n) is 9.94. The summed E-state index contributed by atoms with van der Waals surface area (Å²) in [5, 5.41) is 11.1. The Morgan fingerprint density at radius 1 is 1.25 bits per heavy atom. The van der Waals surface area contributed by atoms with Crippen LogP contribution in [0.4, 0.5) is 0 Å². The van der Waals surface area contributed by atoms with Gasteiger partial charge in [0.05, 0.1) is 13.2 Å². The molecule has 1 saturated heterocycles. The third-order valence-corrected chi connectivity index (χ3v) is 2.65. The van der Waals surface area contributed by atoms with E-state index in [0.717, 1.165) is 50.8 Å². The van der Waals surface area contributed by atoms with Crippen LogP contribution < -0.4 is 0 Å². The van der Waals surface area contributed by atoms with E-state index in [2.05, 4.69) is 25.2 Å². The molecule has 1 fully saturated rings. The van der Waals surface area contributed by atoms with Crippen molar-refractivity contribution in [2.75, 3.05) is 40.4 Å². The Morgan fingerprint density at radius 2 is 1.94 bits per heavy atom. The average molecular weight is 225 g/mol. The summed E-state index contributed by atoms with van der Waals surface area (Å²) in [7, 11) is 4.07. The van der Waals surface area contributed by atoms with Gasteiger partial charge in [0.2, 0.25) is 0 Å². The van der Waals surface area contributed by atoms with E-state index in [1.165, 1.54) is 0 Å². The molecule has 1 aromatic rings. The van der Waals surface area contributed by atoms with Gasteiger partial charge in [-0.3, -0.25) is 4.90 Å². The lowest BCUT2D eigenvalue weighted by atomic mass is 10.2. The average Bonchev–Trinajstić information content (AvgIpc) is 2.66. The Balaban J connectivity index is 1.94. The van der Waals surface area contributed by atoms with Crippen LogP contribution in [-0.4, -0.2) is 65.6 Å². The van der Waals surface area contributed by atoms with Crippen LogP contribution in [-0.2, 0) is 17.8 Å². The number of aromatic amines is 1. The van der Waals surface area contributed by atoms with Crippen molar-refractivity contribution in [2.45, 2.75) is 13.1 Å². The summed E-state index contributed by atoms with van der Waals surface area (Å²) < 4.78 is 5.32. The first-order valence-electron chi connectivity index (χ1n) is 5.59. The minimum absolute atomic E-state index is 0.820. The van der Waals surface area contributed by atoms with Gasteiger partial charge >= 0.3 is 0 Å². The Kier molecular flexibility index (Phi) is 3.87. The highest BCUT2D eigenvalue weighted by atomic mass is 16.5. The van der Waals surface area contributed by atoms with Crippen LogP contribution in [0.2, 0.25) is 0 Å². The highest BCUT2D eigenvalue weighted by Crippen LogP contribution is 2.08. The number of morpholine rings is 1. The van der Waals surface area contributed by atoms with E-state index < -0.39 is 0 Å². The fourth-order valence-corrected chi connectivity index (χ4v) is 1.80. The first kappa shape index (κ1) is 11.5. The van der Waals surface area contributed by atoms with Gasteiger partial charge in [-0.2, -0.15) is 15.4 Å². The number of hydrogen-bond acceptors (Lipinski definition) is 5. The molecule has 0 spiro atoms. The lowest BCUT2D eigenvalue weighted by molar-refractivity contribution is 0.0334. The van der Waals surface area contributed by atoms with Gasteiger partial charge in [0.25, 0.3) is 0 Å². The topological polar surface area (TPSA) is 57.3 Å². The van der Waals surface area contributed by atoms with Crippen molar-refractivity contribution in [3.63, 3.8) is 0 Å². The standard InChI is InChI=1S/C10H19N5O/c1-14(2)7-9-10(12-13-11-9)8-15-3-5-16-6-4-15/h3-8H2,1-2H3,(H,11,12,13). The summed E-state index contributed by atoms with van der Waals surface area (Å²) >= 11 is 0. The monoisotopic (exact) mass is 225 g/mol. The lowest BCUT2D eigenvalue weighted by Gasteiger charge is -2.25. The van der Waals surface area contributed by atoms with Crippen molar-refractivity contribution in [1.82, 2.24) is 25.2 Å². The quantitative estimate of drug-likeness (QED) is 0.762. The molecule has 2 rings (SSSR count). The molecule has 0 saturated carbocycles. The maximum Gasteiger partial charge on any atom is 0.101 e. The normalized spacial score (nSPS) is 18.2. The van der Waals surface area contributed by atoms with Crippen molar-refractivity contribution >= 4 is 0 Å². The van der Waals surface area contributed by atoms with E-state index in [9.17, 15) is 0 Å². The van der Waals surface area contributed by atoms with Gasteiger partial charge in [-0.15, -0.1) is 0 Å². The fourth-order valence-electron chi connectivity index (χ4n) is 1.80. The molecular weight excluding hydrogens is 206 g/mol. The molecule has 1 N–H and O–H groups in total. The van der Waals surface area contributed by atoms with Crippen LogP contribution in [0.15, 0.2) is 0 Å². The largest absolute Gasteiger partial charge is 0.379 e. The van der Waals surface area contributed by atoms with Crippen molar-refractivity contribution in [3.8, 4) is 0 Å². The zero-order valence-corrected chi connectivity index (χ0v) is 9.94. The van der Waals surface area contributed by atoms with Crippen molar-refractivity contribution in [3.05, 3.63) is 11.4 Å². The maximum absolute atomic E-state index is 5.32. The fraction of sp³-hybridized carbons (Fsp3) is 0.800. The predicted molar refractivity (Wildman–Crippen MR) is 59.9 cm³/mol. The van der Waals surface area contributed by atoms with Gasteiger partial charge in [-0.1, -0.05) is 0 Å². The zero-order chi connectivity index (χ0) is 11.4. The van der Waals surface area contributed by atoms with E-state index >= 15 is 0 Å². The minimum atomic E-state index is 0.820. The third kappa shape index (κ3) is 3.01. The van der Waals surface area contributed by atoms with Gasteiger partial charge < -0.3 is 9.64 Å². The molecule has 0 unspecified atom stereocenters. The molecule has 2 heterocycles. The molecule has 0 aliphatic carbocycles. The number of nitrogens with one attached hydrogen (secondary N) is 1. The van der Waals surface area contributed by atoms with E-state index in [1.807, 2.05) is 14.1 Å². The van der Waals surface area contributed by atoms with E-state index in [4.69, 9.17) is 4.74 Å². The van der Waals surface area contributed by atoms with E-state index in [0.29, 0.717) is 0 Å².